The van der Waals surface area contributed by atoms with Gasteiger partial charge in [-0.15, -0.1) is 0 Å². The van der Waals surface area contributed by atoms with Crippen molar-refractivity contribution in [3.63, 3.8) is 0 Å². The summed E-state index contributed by atoms with van der Waals surface area (Å²) < 4.78 is 15.3. The highest BCUT2D eigenvalue weighted by Crippen LogP contribution is 2.32. The highest BCUT2D eigenvalue weighted by Gasteiger charge is 2.23. The van der Waals surface area contributed by atoms with E-state index in [9.17, 15) is 0 Å². The molecule has 0 saturated heterocycles. The van der Waals surface area contributed by atoms with Crippen LogP contribution in [0.3, 0.4) is 0 Å². The Morgan fingerprint density at radius 1 is 0.944 bits per heavy atom. The van der Waals surface area contributed by atoms with E-state index < -0.39 is 0 Å². The van der Waals surface area contributed by atoms with Gasteiger partial charge < -0.3 is 13.6 Å². The average molecular weight is 246 g/mol. The van der Waals surface area contributed by atoms with Crippen LogP contribution in [-0.4, -0.2) is 20.5 Å². The Hall–Kier alpha value is -2.44. The highest BCUT2D eigenvalue weighted by molar-refractivity contribution is 5.75. The molecule has 3 rings (SSSR count). The second kappa shape index (κ2) is 3.80. The molecule has 0 amide bonds. The van der Waals surface area contributed by atoms with Gasteiger partial charge in [0.1, 0.15) is 5.76 Å². The fraction of sp³-hybridized carbons (Fsp3) is 0.273. The van der Waals surface area contributed by atoms with E-state index in [2.05, 4.69) is 20.5 Å². The molecular weight excluding hydrogens is 236 g/mol. The topological polar surface area (TPSA) is 91.0 Å². The molecule has 0 fully saturated rings. The van der Waals surface area contributed by atoms with Gasteiger partial charge in [0.05, 0.1) is 11.3 Å². The van der Waals surface area contributed by atoms with E-state index in [1.54, 1.807) is 26.8 Å². The van der Waals surface area contributed by atoms with Crippen LogP contribution in [0.25, 0.3) is 22.8 Å². The summed E-state index contributed by atoms with van der Waals surface area (Å²) in [6, 6.07) is 1.76. The van der Waals surface area contributed by atoms with Crippen LogP contribution >= 0.6 is 0 Å². The molecule has 0 N–H and O–H groups in total. The van der Waals surface area contributed by atoms with Crippen LogP contribution < -0.4 is 0 Å². The fourth-order valence-electron chi connectivity index (χ4n) is 1.68. The third kappa shape index (κ3) is 1.60. The fourth-order valence-corrected chi connectivity index (χ4v) is 1.68. The van der Waals surface area contributed by atoms with Crippen molar-refractivity contribution in [1.29, 1.82) is 0 Å². The van der Waals surface area contributed by atoms with E-state index in [1.807, 2.05) is 0 Å². The molecule has 0 aliphatic carbocycles. The lowest BCUT2D eigenvalue weighted by atomic mass is 10.1. The maximum Gasteiger partial charge on any atom is 0.223 e. The first kappa shape index (κ1) is 10.7. The molecule has 18 heavy (non-hydrogen) atoms. The third-order valence-electron chi connectivity index (χ3n) is 2.47. The first-order chi connectivity index (χ1) is 8.65. The van der Waals surface area contributed by atoms with Crippen LogP contribution in [-0.2, 0) is 0 Å². The van der Waals surface area contributed by atoms with Gasteiger partial charge in [-0.1, -0.05) is 15.5 Å². The van der Waals surface area contributed by atoms with Gasteiger partial charge >= 0.3 is 0 Å². The number of aryl methyl sites for hydroxylation is 3. The summed E-state index contributed by atoms with van der Waals surface area (Å²) in [7, 11) is 0. The van der Waals surface area contributed by atoms with Gasteiger partial charge in [0.15, 0.2) is 11.5 Å². The Morgan fingerprint density at radius 2 is 1.78 bits per heavy atom. The first-order valence-electron chi connectivity index (χ1n) is 5.36. The number of hydrogen-bond acceptors (Lipinski definition) is 7. The Balaban J connectivity index is 2.18. The van der Waals surface area contributed by atoms with Gasteiger partial charge in [-0.3, -0.25) is 0 Å². The molecule has 0 unspecified atom stereocenters. The molecule has 7 nitrogen and oxygen atoms in total. The number of nitrogens with zero attached hydrogens (tertiary/aromatic N) is 4. The van der Waals surface area contributed by atoms with Crippen LogP contribution in [0.4, 0.5) is 0 Å². The zero-order valence-corrected chi connectivity index (χ0v) is 10.1. The summed E-state index contributed by atoms with van der Waals surface area (Å²) in [5, 5.41) is 11.7. The minimum Gasteiger partial charge on any atom is -0.361 e. The Bertz CT molecular complexity index is 695. The van der Waals surface area contributed by atoms with Crippen molar-refractivity contribution >= 4 is 0 Å². The lowest BCUT2D eigenvalue weighted by Crippen LogP contribution is -1.85. The van der Waals surface area contributed by atoms with Gasteiger partial charge in [0.2, 0.25) is 11.7 Å². The van der Waals surface area contributed by atoms with Crippen molar-refractivity contribution in [2.24, 2.45) is 0 Å². The van der Waals surface area contributed by atoms with Crippen molar-refractivity contribution in [2.75, 3.05) is 0 Å². The first-order valence-corrected chi connectivity index (χ1v) is 5.36. The molecule has 0 aromatic carbocycles. The summed E-state index contributed by atoms with van der Waals surface area (Å²) in [6.45, 7) is 5.33. The van der Waals surface area contributed by atoms with E-state index in [0.717, 1.165) is 0 Å². The molecule has 0 aliphatic rings. The molecule has 0 atom stereocenters. The second-order valence-electron chi connectivity index (χ2n) is 3.93. The monoisotopic (exact) mass is 246 g/mol. The summed E-state index contributed by atoms with van der Waals surface area (Å²) >= 11 is 0. The van der Waals surface area contributed by atoms with Gasteiger partial charge in [-0.2, -0.15) is 4.98 Å². The molecule has 92 valence electrons. The number of hydrogen-bond donors (Lipinski definition) is 0. The van der Waals surface area contributed by atoms with Crippen LogP contribution in [0.15, 0.2) is 19.6 Å². The SMILES string of the molecule is Cc1cc(-c2onc(C)c2-c2noc(C)n2)no1. The van der Waals surface area contributed by atoms with Crippen molar-refractivity contribution < 1.29 is 13.6 Å². The van der Waals surface area contributed by atoms with E-state index in [0.29, 0.717) is 40.2 Å². The van der Waals surface area contributed by atoms with Crippen LogP contribution in [0.2, 0.25) is 0 Å². The normalized spacial score (nSPS) is 11.1. The average Bonchev–Trinajstić information content (AvgIpc) is 2.99. The van der Waals surface area contributed by atoms with E-state index >= 15 is 0 Å². The third-order valence-corrected chi connectivity index (χ3v) is 2.47. The number of rotatable bonds is 2. The van der Waals surface area contributed by atoms with Gasteiger partial charge in [0.25, 0.3) is 0 Å². The Morgan fingerprint density at radius 3 is 2.39 bits per heavy atom. The quantitative estimate of drug-likeness (QED) is 0.685. The summed E-state index contributed by atoms with van der Waals surface area (Å²) in [4.78, 5) is 4.17. The highest BCUT2D eigenvalue weighted by atomic mass is 16.5. The van der Waals surface area contributed by atoms with Crippen LogP contribution in [0, 0.1) is 20.8 Å². The maximum atomic E-state index is 5.26. The minimum atomic E-state index is 0.432. The van der Waals surface area contributed by atoms with Crippen molar-refractivity contribution in [3.8, 4) is 22.8 Å². The van der Waals surface area contributed by atoms with Crippen LogP contribution in [0.5, 0.6) is 0 Å². The lowest BCUT2D eigenvalue weighted by molar-refractivity contribution is 0.389. The van der Waals surface area contributed by atoms with Crippen molar-refractivity contribution in [1.82, 2.24) is 20.5 Å². The van der Waals surface area contributed by atoms with E-state index in [4.69, 9.17) is 13.6 Å². The van der Waals surface area contributed by atoms with Crippen molar-refractivity contribution in [2.45, 2.75) is 20.8 Å². The Kier molecular flexibility index (Phi) is 2.26. The second-order valence-corrected chi connectivity index (χ2v) is 3.93. The zero-order valence-electron chi connectivity index (χ0n) is 10.1. The lowest BCUT2D eigenvalue weighted by Gasteiger charge is -1.92. The smallest absolute Gasteiger partial charge is 0.223 e. The van der Waals surface area contributed by atoms with E-state index in [-0.39, 0.29) is 0 Å². The number of aromatic nitrogens is 4. The molecule has 0 spiro atoms. The molecule has 0 bridgehead atoms. The zero-order chi connectivity index (χ0) is 12.7. The summed E-state index contributed by atoms with van der Waals surface area (Å²) in [6.07, 6.45) is 0. The molecule has 3 aromatic heterocycles. The molecule has 0 radical (unpaired) electrons. The standard InChI is InChI=1S/C11H10N4O3/c1-5-4-8(14-16-5)10-9(6(2)13-18-10)11-12-7(3)17-15-11/h4H,1-3H3. The summed E-state index contributed by atoms with van der Waals surface area (Å²) in [5.41, 5.74) is 1.90. The molecule has 0 aliphatic heterocycles. The Labute approximate surface area is 102 Å². The van der Waals surface area contributed by atoms with Gasteiger partial charge in [-0.25, -0.2) is 0 Å². The van der Waals surface area contributed by atoms with Crippen molar-refractivity contribution in [3.05, 3.63) is 23.4 Å². The molecule has 7 heteroatoms. The van der Waals surface area contributed by atoms with Crippen LogP contribution in [0.1, 0.15) is 17.3 Å². The molecule has 3 heterocycles. The minimum absolute atomic E-state index is 0.432. The molecular formula is C11H10N4O3. The summed E-state index contributed by atoms with van der Waals surface area (Å²) in [5.74, 6) is 2.08. The maximum absolute atomic E-state index is 5.26. The predicted molar refractivity (Wildman–Crippen MR) is 59.5 cm³/mol. The van der Waals surface area contributed by atoms with Gasteiger partial charge in [-0.05, 0) is 13.8 Å². The van der Waals surface area contributed by atoms with Gasteiger partial charge in [0, 0.05) is 13.0 Å². The largest absolute Gasteiger partial charge is 0.361 e. The molecule has 3 aromatic rings. The predicted octanol–water partition coefficient (Wildman–Crippen LogP) is 2.30. The van der Waals surface area contributed by atoms with E-state index in [1.165, 1.54) is 0 Å². The molecule has 0 saturated carbocycles.